The predicted molar refractivity (Wildman–Crippen MR) is 124 cm³/mol. The Balaban J connectivity index is 1.76. The second kappa shape index (κ2) is 7.92. The number of aromatic nitrogens is 6. The predicted octanol–water partition coefficient (Wildman–Crippen LogP) is 4.98. The van der Waals surface area contributed by atoms with Crippen LogP contribution in [0.2, 0.25) is 10.0 Å². The summed E-state index contributed by atoms with van der Waals surface area (Å²) in [7, 11) is 0. The summed E-state index contributed by atoms with van der Waals surface area (Å²) in [6.07, 6.45) is 3.71. The minimum Gasteiger partial charge on any atom is -0.359 e. The van der Waals surface area contributed by atoms with Crippen molar-refractivity contribution in [3.05, 3.63) is 68.4 Å². The van der Waals surface area contributed by atoms with Crippen LogP contribution in [0.3, 0.4) is 0 Å². The lowest BCUT2D eigenvalue weighted by Crippen LogP contribution is -2.28. The molecule has 31 heavy (non-hydrogen) atoms. The minimum absolute atomic E-state index is 0.254. The Kier molecular flexibility index (Phi) is 5.09. The van der Waals surface area contributed by atoms with Gasteiger partial charge in [-0.1, -0.05) is 30.1 Å². The molecule has 0 fully saturated rings. The van der Waals surface area contributed by atoms with Crippen molar-refractivity contribution >= 4 is 61.5 Å². The first-order valence-corrected chi connectivity index (χ1v) is 11.1. The Morgan fingerprint density at radius 3 is 2.81 bits per heavy atom. The molecule has 156 valence electrons. The van der Waals surface area contributed by atoms with E-state index in [4.69, 9.17) is 28.2 Å². The van der Waals surface area contributed by atoms with Gasteiger partial charge in [0, 0.05) is 6.07 Å². The number of nitrogens with zero attached hydrogens (tertiary/aromatic N) is 5. The summed E-state index contributed by atoms with van der Waals surface area (Å²) in [5.41, 5.74) is 0.0221. The maximum atomic E-state index is 13.5. The summed E-state index contributed by atoms with van der Waals surface area (Å²) in [6, 6.07) is 6.54. The van der Waals surface area contributed by atoms with Crippen LogP contribution in [0.1, 0.15) is 25.2 Å². The summed E-state index contributed by atoms with van der Waals surface area (Å²) >= 11 is 14.3. The number of anilines is 1. The zero-order valence-electron chi connectivity index (χ0n) is 16.1. The summed E-state index contributed by atoms with van der Waals surface area (Å²) in [5, 5.41) is 14.0. The maximum absolute atomic E-state index is 13.5. The molecule has 4 aromatic heterocycles. The first-order chi connectivity index (χ1) is 15.1. The number of nitrogens with one attached hydrogen (secondary N) is 2. The lowest BCUT2D eigenvalue weighted by Gasteiger charge is -2.22. The van der Waals surface area contributed by atoms with Crippen LogP contribution >= 0.6 is 34.5 Å². The molecule has 0 saturated heterocycles. The first kappa shape index (κ1) is 19.9. The van der Waals surface area contributed by atoms with Crippen LogP contribution in [0.5, 0.6) is 0 Å². The number of hydrogen-bond donors (Lipinski definition) is 2. The quantitative estimate of drug-likeness (QED) is 0.374. The van der Waals surface area contributed by atoms with Crippen LogP contribution in [0, 0.1) is 0 Å². The third kappa shape index (κ3) is 3.34. The number of H-pyrrole nitrogens is 1. The van der Waals surface area contributed by atoms with Crippen LogP contribution in [-0.2, 0) is 0 Å². The van der Waals surface area contributed by atoms with Crippen molar-refractivity contribution in [3.8, 4) is 5.82 Å². The van der Waals surface area contributed by atoms with Gasteiger partial charge in [0.15, 0.2) is 0 Å². The lowest BCUT2D eigenvalue weighted by molar-refractivity contribution is 0.653. The van der Waals surface area contributed by atoms with Gasteiger partial charge in [0.2, 0.25) is 0 Å². The molecule has 1 unspecified atom stereocenters. The molecule has 8 nitrogen and oxygen atoms in total. The summed E-state index contributed by atoms with van der Waals surface area (Å²) in [6.45, 7) is 2.00. The maximum Gasteiger partial charge on any atom is 0.268 e. The number of hydrogen-bond acceptors (Lipinski definition) is 7. The number of halogens is 2. The van der Waals surface area contributed by atoms with E-state index in [1.165, 1.54) is 22.2 Å². The number of rotatable bonds is 5. The Labute approximate surface area is 189 Å². The van der Waals surface area contributed by atoms with Gasteiger partial charge in [-0.2, -0.15) is 5.10 Å². The topological polar surface area (TPSA) is 101 Å². The smallest absolute Gasteiger partial charge is 0.268 e. The van der Waals surface area contributed by atoms with E-state index >= 15 is 0 Å². The number of aromatic amines is 1. The van der Waals surface area contributed by atoms with Crippen LogP contribution < -0.4 is 10.9 Å². The molecular formula is C20H15Cl2N7OS. The van der Waals surface area contributed by atoms with Gasteiger partial charge in [0.25, 0.3) is 5.56 Å². The van der Waals surface area contributed by atoms with Gasteiger partial charge < -0.3 is 5.32 Å². The Morgan fingerprint density at radius 1 is 1.19 bits per heavy atom. The highest BCUT2D eigenvalue weighted by atomic mass is 35.5. The molecule has 0 saturated carbocycles. The SMILES string of the molecule is CCC(Nc1ncnc2sccc12)c1nc2c(Cl)ccc(Cl)c2c(=O)n1-c1ccn[nH]1. The van der Waals surface area contributed by atoms with E-state index in [1.807, 2.05) is 18.4 Å². The standard InChI is InChI=1S/C20H15Cl2N7OS/c1-2-13(26-17-10-6-8-31-19(10)24-9-23-17)18-27-16-12(22)4-3-11(21)15(16)20(30)29(18)14-5-7-25-28-14/h3-9,13H,2H2,1H3,(H,25,28)(H,23,24,26). The third-order valence-corrected chi connectivity index (χ3v) is 6.41. The molecule has 2 N–H and O–H groups in total. The zero-order chi connectivity index (χ0) is 21.5. The molecule has 11 heteroatoms. The van der Waals surface area contributed by atoms with Gasteiger partial charge >= 0.3 is 0 Å². The van der Waals surface area contributed by atoms with Crippen LogP contribution in [0.4, 0.5) is 5.82 Å². The highest BCUT2D eigenvalue weighted by Crippen LogP contribution is 2.31. The normalized spacial score (nSPS) is 12.5. The summed E-state index contributed by atoms with van der Waals surface area (Å²) in [5.74, 6) is 1.62. The molecule has 0 spiro atoms. The molecule has 1 aromatic carbocycles. The molecular weight excluding hydrogens is 457 g/mol. The first-order valence-electron chi connectivity index (χ1n) is 9.43. The molecule has 0 amide bonds. The number of fused-ring (bicyclic) bond motifs is 2. The second-order valence-corrected chi connectivity index (χ2v) is 8.48. The van der Waals surface area contributed by atoms with Crippen molar-refractivity contribution in [2.45, 2.75) is 19.4 Å². The fraction of sp³-hybridized carbons (Fsp3) is 0.150. The van der Waals surface area contributed by atoms with E-state index in [0.717, 1.165) is 10.2 Å². The van der Waals surface area contributed by atoms with Gasteiger partial charge in [-0.05, 0) is 30.0 Å². The Hall–Kier alpha value is -3.01. The van der Waals surface area contributed by atoms with Gasteiger partial charge in [0.1, 0.15) is 28.6 Å². The van der Waals surface area contributed by atoms with Crippen molar-refractivity contribution < 1.29 is 0 Å². The van der Waals surface area contributed by atoms with Crippen molar-refractivity contribution in [1.82, 2.24) is 29.7 Å². The lowest BCUT2D eigenvalue weighted by atomic mass is 10.1. The molecule has 4 heterocycles. The van der Waals surface area contributed by atoms with E-state index in [-0.39, 0.29) is 22.0 Å². The molecule has 5 rings (SSSR count). The molecule has 0 aliphatic heterocycles. The van der Waals surface area contributed by atoms with Crippen LogP contribution in [0.25, 0.3) is 26.9 Å². The molecule has 0 radical (unpaired) electrons. The fourth-order valence-corrected chi connectivity index (χ4v) is 4.66. The average molecular weight is 472 g/mol. The van der Waals surface area contributed by atoms with E-state index in [9.17, 15) is 4.79 Å². The summed E-state index contributed by atoms with van der Waals surface area (Å²) in [4.78, 5) is 27.9. The average Bonchev–Trinajstić information content (AvgIpc) is 3.46. The summed E-state index contributed by atoms with van der Waals surface area (Å²) < 4.78 is 1.48. The Morgan fingerprint density at radius 2 is 2.03 bits per heavy atom. The van der Waals surface area contributed by atoms with Crippen molar-refractivity contribution in [3.63, 3.8) is 0 Å². The number of thiophene rings is 1. The third-order valence-electron chi connectivity index (χ3n) is 4.97. The molecule has 0 bridgehead atoms. The largest absolute Gasteiger partial charge is 0.359 e. The van der Waals surface area contributed by atoms with Gasteiger partial charge in [-0.25, -0.2) is 19.5 Å². The van der Waals surface area contributed by atoms with Gasteiger partial charge in [0.05, 0.1) is 38.6 Å². The second-order valence-electron chi connectivity index (χ2n) is 6.77. The molecule has 1 atom stereocenters. The molecule has 0 aliphatic rings. The fourth-order valence-electron chi connectivity index (χ4n) is 3.49. The molecule has 0 aliphatic carbocycles. The Bertz CT molecular complexity index is 1460. The van der Waals surface area contributed by atoms with Crippen molar-refractivity contribution in [2.24, 2.45) is 0 Å². The van der Waals surface area contributed by atoms with E-state index in [1.54, 1.807) is 24.4 Å². The van der Waals surface area contributed by atoms with E-state index < -0.39 is 0 Å². The highest BCUT2D eigenvalue weighted by Gasteiger charge is 2.24. The molecule has 5 aromatic rings. The van der Waals surface area contributed by atoms with Gasteiger partial charge in [-0.3, -0.25) is 9.89 Å². The minimum atomic E-state index is -0.353. The van der Waals surface area contributed by atoms with Gasteiger partial charge in [-0.15, -0.1) is 11.3 Å². The van der Waals surface area contributed by atoms with Crippen LogP contribution in [-0.4, -0.2) is 29.7 Å². The monoisotopic (exact) mass is 471 g/mol. The highest BCUT2D eigenvalue weighted by molar-refractivity contribution is 7.16. The van der Waals surface area contributed by atoms with Crippen molar-refractivity contribution in [1.29, 1.82) is 0 Å². The number of benzene rings is 1. The zero-order valence-corrected chi connectivity index (χ0v) is 18.5. The van der Waals surface area contributed by atoms with Crippen molar-refractivity contribution in [2.75, 3.05) is 5.32 Å². The van der Waals surface area contributed by atoms with Crippen LogP contribution in [0.15, 0.2) is 47.0 Å². The van der Waals surface area contributed by atoms with E-state index in [0.29, 0.717) is 34.4 Å². The van der Waals surface area contributed by atoms with E-state index in [2.05, 4.69) is 25.5 Å².